The highest BCUT2D eigenvalue weighted by atomic mass is 35.5. The van der Waals surface area contributed by atoms with Gasteiger partial charge in [0.2, 0.25) is 0 Å². The fourth-order valence-corrected chi connectivity index (χ4v) is 1.36. The van der Waals surface area contributed by atoms with Crippen LogP contribution in [0.25, 0.3) is 0 Å². The Morgan fingerprint density at radius 2 is 2.13 bits per heavy atom. The maximum Gasteiger partial charge on any atom is 0.341 e. The molecule has 0 saturated heterocycles. The molecule has 0 aromatic heterocycles. The lowest BCUT2D eigenvalue weighted by Crippen LogP contribution is -2.07. The molecule has 0 amide bonds. The smallest absolute Gasteiger partial charge is 0.341 e. The highest BCUT2D eigenvalue weighted by Gasteiger charge is 2.15. The van der Waals surface area contributed by atoms with Crippen molar-refractivity contribution in [3.05, 3.63) is 28.3 Å². The van der Waals surface area contributed by atoms with Gasteiger partial charge in [0.25, 0.3) is 0 Å². The van der Waals surface area contributed by atoms with Crippen molar-refractivity contribution in [3.8, 4) is 5.75 Å². The van der Waals surface area contributed by atoms with Gasteiger partial charge in [-0.15, -0.1) is 0 Å². The number of hydrogen-bond acceptors (Lipinski definition) is 3. The first kappa shape index (κ1) is 11.9. The number of halogens is 1. The van der Waals surface area contributed by atoms with Gasteiger partial charge in [0.1, 0.15) is 11.3 Å². The molecule has 0 heterocycles. The van der Waals surface area contributed by atoms with Gasteiger partial charge in [0, 0.05) is 5.02 Å². The van der Waals surface area contributed by atoms with E-state index in [1.54, 1.807) is 19.1 Å². The SMILES string of the molecule is CCOC(=O)c1cc(Cl)c(C)cc1OC. The van der Waals surface area contributed by atoms with Crippen molar-refractivity contribution in [3.63, 3.8) is 0 Å². The standard InChI is InChI=1S/C11H13ClO3/c1-4-15-11(13)8-6-9(12)7(2)5-10(8)14-3/h5-6H,4H2,1-3H3. The van der Waals surface area contributed by atoms with Gasteiger partial charge in [-0.2, -0.15) is 0 Å². The Hall–Kier alpha value is -1.22. The molecule has 82 valence electrons. The Morgan fingerprint density at radius 1 is 1.47 bits per heavy atom. The average Bonchev–Trinajstić information content (AvgIpc) is 2.21. The summed E-state index contributed by atoms with van der Waals surface area (Å²) in [7, 11) is 1.51. The molecular weight excluding hydrogens is 216 g/mol. The first-order valence-electron chi connectivity index (χ1n) is 4.61. The van der Waals surface area contributed by atoms with E-state index in [0.29, 0.717) is 22.9 Å². The number of rotatable bonds is 3. The summed E-state index contributed by atoms with van der Waals surface area (Å²) in [4.78, 5) is 11.5. The third kappa shape index (κ3) is 2.63. The van der Waals surface area contributed by atoms with Gasteiger partial charge in [-0.3, -0.25) is 0 Å². The van der Waals surface area contributed by atoms with Crippen molar-refractivity contribution in [2.75, 3.05) is 13.7 Å². The molecule has 0 bridgehead atoms. The van der Waals surface area contributed by atoms with Crippen LogP contribution in [0.4, 0.5) is 0 Å². The Bertz CT molecular complexity index is 374. The molecule has 0 unspecified atom stereocenters. The second-order valence-electron chi connectivity index (χ2n) is 3.02. The number of hydrogen-bond donors (Lipinski definition) is 0. The maximum absolute atomic E-state index is 11.5. The summed E-state index contributed by atoms with van der Waals surface area (Å²) in [5.41, 5.74) is 1.22. The third-order valence-corrected chi connectivity index (χ3v) is 2.38. The van der Waals surface area contributed by atoms with Gasteiger partial charge in [-0.05, 0) is 31.5 Å². The number of esters is 1. The van der Waals surface area contributed by atoms with E-state index >= 15 is 0 Å². The van der Waals surface area contributed by atoms with Crippen molar-refractivity contribution in [1.82, 2.24) is 0 Å². The molecule has 0 N–H and O–H groups in total. The Kier molecular flexibility index (Phi) is 3.97. The maximum atomic E-state index is 11.5. The van der Waals surface area contributed by atoms with Gasteiger partial charge in [-0.25, -0.2) is 4.79 Å². The van der Waals surface area contributed by atoms with Gasteiger partial charge >= 0.3 is 5.97 Å². The summed E-state index contributed by atoms with van der Waals surface area (Å²) >= 11 is 5.92. The van der Waals surface area contributed by atoms with E-state index in [1.165, 1.54) is 7.11 Å². The Morgan fingerprint density at radius 3 is 2.67 bits per heavy atom. The molecule has 0 spiro atoms. The second-order valence-corrected chi connectivity index (χ2v) is 3.43. The first-order chi connectivity index (χ1) is 7.10. The van der Waals surface area contributed by atoms with Crippen LogP contribution in [0.5, 0.6) is 5.75 Å². The molecule has 0 fully saturated rings. The topological polar surface area (TPSA) is 35.5 Å². The normalized spacial score (nSPS) is 9.87. The van der Waals surface area contributed by atoms with Gasteiger partial charge in [-0.1, -0.05) is 11.6 Å². The highest BCUT2D eigenvalue weighted by molar-refractivity contribution is 6.31. The summed E-state index contributed by atoms with van der Waals surface area (Å²) in [6.45, 7) is 3.92. The van der Waals surface area contributed by atoms with Gasteiger partial charge < -0.3 is 9.47 Å². The van der Waals surface area contributed by atoms with E-state index in [1.807, 2.05) is 6.92 Å². The summed E-state index contributed by atoms with van der Waals surface area (Å²) in [5.74, 6) is 0.0617. The minimum Gasteiger partial charge on any atom is -0.496 e. The van der Waals surface area contributed by atoms with Crippen LogP contribution in [-0.2, 0) is 4.74 Å². The molecule has 0 atom stereocenters. The zero-order valence-corrected chi connectivity index (χ0v) is 9.72. The molecule has 3 nitrogen and oxygen atoms in total. The Labute approximate surface area is 93.9 Å². The zero-order valence-electron chi connectivity index (χ0n) is 8.96. The fraction of sp³-hybridized carbons (Fsp3) is 0.364. The van der Waals surface area contributed by atoms with Crippen LogP contribution in [0, 0.1) is 6.92 Å². The van der Waals surface area contributed by atoms with Crippen molar-refractivity contribution in [1.29, 1.82) is 0 Å². The fourth-order valence-electron chi connectivity index (χ4n) is 1.19. The molecule has 0 aliphatic carbocycles. The predicted molar refractivity (Wildman–Crippen MR) is 58.7 cm³/mol. The number of methoxy groups -OCH3 is 1. The third-order valence-electron chi connectivity index (χ3n) is 1.98. The van der Waals surface area contributed by atoms with E-state index < -0.39 is 5.97 Å². The number of ether oxygens (including phenoxy) is 2. The lowest BCUT2D eigenvalue weighted by atomic mass is 10.1. The van der Waals surface area contributed by atoms with E-state index in [0.717, 1.165) is 5.56 Å². The number of aryl methyl sites for hydroxylation is 1. The molecule has 1 aromatic rings. The lowest BCUT2D eigenvalue weighted by Gasteiger charge is -2.09. The van der Waals surface area contributed by atoms with Crippen LogP contribution in [-0.4, -0.2) is 19.7 Å². The monoisotopic (exact) mass is 228 g/mol. The highest BCUT2D eigenvalue weighted by Crippen LogP contribution is 2.27. The summed E-state index contributed by atoms with van der Waals surface area (Å²) in [6.07, 6.45) is 0. The number of carbonyl (C=O) groups is 1. The van der Waals surface area contributed by atoms with Gasteiger partial charge in [0.15, 0.2) is 0 Å². The van der Waals surface area contributed by atoms with Crippen molar-refractivity contribution in [2.24, 2.45) is 0 Å². The summed E-state index contributed by atoms with van der Waals surface area (Å²) in [6, 6.07) is 3.28. The minimum absolute atomic E-state index is 0.327. The quantitative estimate of drug-likeness (QED) is 0.747. The van der Waals surface area contributed by atoms with Crippen LogP contribution >= 0.6 is 11.6 Å². The molecule has 4 heteroatoms. The molecular formula is C11H13ClO3. The number of carbonyl (C=O) groups excluding carboxylic acids is 1. The van der Waals surface area contributed by atoms with Crippen LogP contribution in [0.15, 0.2) is 12.1 Å². The van der Waals surface area contributed by atoms with Crippen LogP contribution in [0.2, 0.25) is 5.02 Å². The molecule has 1 aromatic carbocycles. The van der Waals surface area contributed by atoms with E-state index in [9.17, 15) is 4.79 Å². The van der Waals surface area contributed by atoms with Crippen LogP contribution in [0.1, 0.15) is 22.8 Å². The van der Waals surface area contributed by atoms with E-state index in [4.69, 9.17) is 21.1 Å². The van der Waals surface area contributed by atoms with Crippen LogP contribution < -0.4 is 4.74 Å². The molecule has 0 radical (unpaired) electrons. The average molecular weight is 229 g/mol. The summed E-state index contributed by atoms with van der Waals surface area (Å²) in [5, 5.41) is 0.527. The largest absolute Gasteiger partial charge is 0.496 e. The minimum atomic E-state index is -0.420. The van der Waals surface area contributed by atoms with Gasteiger partial charge in [0.05, 0.1) is 13.7 Å². The van der Waals surface area contributed by atoms with Crippen molar-refractivity contribution < 1.29 is 14.3 Å². The van der Waals surface area contributed by atoms with E-state index in [-0.39, 0.29) is 0 Å². The lowest BCUT2D eigenvalue weighted by molar-refractivity contribution is 0.0522. The molecule has 0 saturated carbocycles. The molecule has 0 aliphatic heterocycles. The van der Waals surface area contributed by atoms with Crippen molar-refractivity contribution in [2.45, 2.75) is 13.8 Å². The Balaban J connectivity index is 3.15. The predicted octanol–water partition coefficient (Wildman–Crippen LogP) is 2.83. The number of benzene rings is 1. The van der Waals surface area contributed by atoms with E-state index in [2.05, 4.69) is 0 Å². The molecule has 15 heavy (non-hydrogen) atoms. The van der Waals surface area contributed by atoms with Crippen molar-refractivity contribution >= 4 is 17.6 Å². The molecule has 0 aliphatic rings. The molecule has 1 rings (SSSR count). The first-order valence-corrected chi connectivity index (χ1v) is 4.99. The second kappa shape index (κ2) is 5.03. The summed E-state index contributed by atoms with van der Waals surface area (Å²) < 4.78 is 9.98. The van der Waals surface area contributed by atoms with Crippen LogP contribution in [0.3, 0.4) is 0 Å². The zero-order chi connectivity index (χ0) is 11.4.